The standard InChI is InChI=1S/C8H12ClN3O2/c1-2-14-8(13)7-10-6(11-12-7)4-3-5-9/h2-5H2,1H3,(H,10,11,12). The van der Waals surface area contributed by atoms with Crippen LogP contribution in [0, 0.1) is 0 Å². The van der Waals surface area contributed by atoms with Crippen molar-refractivity contribution in [3.8, 4) is 0 Å². The van der Waals surface area contributed by atoms with Crippen LogP contribution in [-0.2, 0) is 11.2 Å². The van der Waals surface area contributed by atoms with Gasteiger partial charge >= 0.3 is 5.97 Å². The molecule has 14 heavy (non-hydrogen) atoms. The molecule has 1 heterocycles. The summed E-state index contributed by atoms with van der Waals surface area (Å²) in [6.45, 7) is 2.06. The average Bonchev–Trinajstić information content (AvgIpc) is 2.63. The summed E-state index contributed by atoms with van der Waals surface area (Å²) in [5.41, 5.74) is 0. The number of aromatic amines is 1. The highest BCUT2D eigenvalue weighted by atomic mass is 35.5. The minimum absolute atomic E-state index is 0.0800. The van der Waals surface area contributed by atoms with E-state index in [1.165, 1.54) is 0 Å². The van der Waals surface area contributed by atoms with Crippen LogP contribution in [0.15, 0.2) is 0 Å². The van der Waals surface area contributed by atoms with E-state index in [1.54, 1.807) is 6.92 Å². The number of aromatic nitrogens is 3. The van der Waals surface area contributed by atoms with Gasteiger partial charge in [-0.2, -0.15) is 0 Å². The smallest absolute Gasteiger partial charge is 0.378 e. The van der Waals surface area contributed by atoms with E-state index in [1.807, 2.05) is 0 Å². The Labute approximate surface area is 86.8 Å². The number of alkyl halides is 1. The number of hydrogen-bond donors (Lipinski definition) is 1. The minimum atomic E-state index is -0.499. The van der Waals surface area contributed by atoms with Crippen molar-refractivity contribution in [2.24, 2.45) is 0 Å². The Kier molecular flexibility index (Phi) is 4.39. The molecule has 0 spiro atoms. The van der Waals surface area contributed by atoms with Crippen molar-refractivity contribution >= 4 is 17.6 Å². The van der Waals surface area contributed by atoms with Gasteiger partial charge in [-0.1, -0.05) is 0 Å². The van der Waals surface area contributed by atoms with E-state index >= 15 is 0 Å². The van der Waals surface area contributed by atoms with Gasteiger partial charge in [-0.15, -0.1) is 16.7 Å². The fourth-order valence-corrected chi connectivity index (χ4v) is 1.06. The molecule has 0 aliphatic carbocycles. The third-order valence-electron chi connectivity index (χ3n) is 1.54. The summed E-state index contributed by atoms with van der Waals surface area (Å²) in [5.74, 6) is 0.807. The second-order valence-corrected chi connectivity index (χ2v) is 3.00. The minimum Gasteiger partial charge on any atom is -0.460 e. The van der Waals surface area contributed by atoms with Crippen LogP contribution in [0.25, 0.3) is 0 Å². The summed E-state index contributed by atoms with van der Waals surface area (Å²) in [5, 5.41) is 6.39. The zero-order valence-electron chi connectivity index (χ0n) is 7.92. The summed E-state index contributed by atoms with van der Waals surface area (Å²) in [6, 6.07) is 0. The van der Waals surface area contributed by atoms with Gasteiger partial charge in [0.05, 0.1) is 6.61 Å². The number of ether oxygens (including phenoxy) is 1. The predicted octanol–water partition coefficient (Wildman–Crippen LogP) is 1.15. The molecule has 5 nitrogen and oxygen atoms in total. The highest BCUT2D eigenvalue weighted by Gasteiger charge is 2.12. The molecular formula is C8H12ClN3O2. The molecule has 0 radical (unpaired) electrons. The van der Waals surface area contributed by atoms with Crippen LogP contribution in [0.1, 0.15) is 29.8 Å². The van der Waals surface area contributed by atoms with Gasteiger partial charge in [0.15, 0.2) is 0 Å². The van der Waals surface area contributed by atoms with Crippen molar-refractivity contribution in [2.75, 3.05) is 12.5 Å². The van der Waals surface area contributed by atoms with Gasteiger partial charge in [0.2, 0.25) is 0 Å². The SMILES string of the molecule is CCOC(=O)c1n[nH]c(CCCCl)n1. The van der Waals surface area contributed by atoms with Crippen LogP contribution in [0.3, 0.4) is 0 Å². The number of carbonyl (C=O) groups excluding carboxylic acids is 1. The fraction of sp³-hybridized carbons (Fsp3) is 0.625. The molecule has 0 aliphatic heterocycles. The van der Waals surface area contributed by atoms with E-state index in [4.69, 9.17) is 16.3 Å². The number of nitrogens with zero attached hydrogens (tertiary/aromatic N) is 2. The largest absolute Gasteiger partial charge is 0.460 e. The molecule has 1 aromatic heterocycles. The lowest BCUT2D eigenvalue weighted by Crippen LogP contribution is -2.06. The Morgan fingerprint density at radius 1 is 1.64 bits per heavy atom. The maximum absolute atomic E-state index is 11.1. The highest BCUT2D eigenvalue weighted by Crippen LogP contribution is 1.99. The molecule has 0 aliphatic rings. The van der Waals surface area contributed by atoms with Crippen molar-refractivity contribution in [2.45, 2.75) is 19.8 Å². The van der Waals surface area contributed by atoms with Gasteiger partial charge in [0, 0.05) is 12.3 Å². The number of halogens is 1. The van der Waals surface area contributed by atoms with Gasteiger partial charge < -0.3 is 4.74 Å². The maximum Gasteiger partial charge on any atom is 0.378 e. The summed E-state index contributed by atoms with van der Waals surface area (Å²) < 4.78 is 4.74. The zero-order chi connectivity index (χ0) is 10.4. The van der Waals surface area contributed by atoms with Gasteiger partial charge in [0.1, 0.15) is 5.82 Å². The maximum atomic E-state index is 11.1. The van der Waals surface area contributed by atoms with Crippen molar-refractivity contribution < 1.29 is 9.53 Å². The molecule has 78 valence electrons. The topological polar surface area (TPSA) is 67.9 Å². The Hall–Kier alpha value is -1.10. The predicted molar refractivity (Wildman–Crippen MR) is 51.4 cm³/mol. The molecule has 1 rings (SSSR count). The van der Waals surface area contributed by atoms with E-state index in [2.05, 4.69) is 15.2 Å². The number of carbonyl (C=O) groups is 1. The molecular weight excluding hydrogens is 206 g/mol. The molecule has 0 saturated heterocycles. The van der Waals surface area contributed by atoms with E-state index < -0.39 is 5.97 Å². The summed E-state index contributed by atoms with van der Waals surface area (Å²) in [6.07, 6.45) is 1.49. The van der Waals surface area contributed by atoms with Gasteiger partial charge in [0.25, 0.3) is 5.82 Å². The van der Waals surface area contributed by atoms with Gasteiger partial charge in [-0.25, -0.2) is 9.78 Å². The first-order valence-corrected chi connectivity index (χ1v) is 4.95. The number of esters is 1. The molecule has 0 fully saturated rings. The normalized spacial score (nSPS) is 10.1. The first-order chi connectivity index (χ1) is 6.77. The van der Waals surface area contributed by atoms with Crippen LogP contribution < -0.4 is 0 Å². The number of nitrogens with one attached hydrogen (secondary N) is 1. The summed E-state index contributed by atoms with van der Waals surface area (Å²) in [4.78, 5) is 15.1. The lowest BCUT2D eigenvalue weighted by molar-refractivity contribution is 0.0512. The van der Waals surface area contributed by atoms with E-state index in [0.717, 1.165) is 6.42 Å². The molecule has 0 aromatic carbocycles. The van der Waals surface area contributed by atoms with Crippen molar-refractivity contribution in [3.63, 3.8) is 0 Å². The zero-order valence-corrected chi connectivity index (χ0v) is 8.67. The molecule has 1 N–H and O–H groups in total. The molecule has 0 atom stereocenters. The monoisotopic (exact) mass is 217 g/mol. The van der Waals surface area contributed by atoms with Crippen molar-refractivity contribution in [3.05, 3.63) is 11.6 Å². The first-order valence-electron chi connectivity index (χ1n) is 4.42. The van der Waals surface area contributed by atoms with Crippen LogP contribution >= 0.6 is 11.6 Å². The Balaban J connectivity index is 2.54. The molecule has 0 saturated carbocycles. The molecule has 0 bridgehead atoms. The average molecular weight is 218 g/mol. The van der Waals surface area contributed by atoms with E-state index in [-0.39, 0.29) is 5.82 Å². The molecule has 1 aromatic rings. The number of H-pyrrole nitrogens is 1. The summed E-state index contributed by atoms with van der Waals surface area (Å²) in [7, 11) is 0. The lowest BCUT2D eigenvalue weighted by atomic mass is 10.3. The van der Waals surface area contributed by atoms with E-state index in [0.29, 0.717) is 24.7 Å². The van der Waals surface area contributed by atoms with Gasteiger partial charge in [-0.3, -0.25) is 5.10 Å². The van der Waals surface area contributed by atoms with Gasteiger partial charge in [-0.05, 0) is 13.3 Å². The first kappa shape index (κ1) is 11.0. The fourth-order valence-electron chi connectivity index (χ4n) is 0.928. The highest BCUT2D eigenvalue weighted by molar-refractivity contribution is 6.17. The van der Waals surface area contributed by atoms with Crippen molar-refractivity contribution in [1.29, 1.82) is 0 Å². The Morgan fingerprint density at radius 2 is 2.43 bits per heavy atom. The molecule has 0 amide bonds. The second kappa shape index (κ2) is 5.59. The van der Waals surface area contributed by atoms with Crippen LogP contribution in [0.4, 0.5) is 0 Å². The van der Waals surface area contributed by atoms with Crippen LogP contribution in [0.2, 0.25) is 0 Å². The van der Waals surface area contributed by atoms with Crippen LogP contribution in [-0.4, -0.2) is 33.6 Å². The third-order valence-corrected chi connectivity index (χ3v) is 1.80. The number of rotatable bonds is 5. The Bertz CT molecular complexity index is 301. The van der Waals surface area contributed by atoms with Crippen molar-refractivity contribution in [1.82, 2.24) is 15.2 Å². The third kappa shape index (κ3) is 2.99. The Morgan fingerprint density at radius 3 is 3.07 bits per heavy atom. The summed E-state index contributed by atoms with van der Waals surface area (Å²) >= 11 is 5.52. The van der Waals surface area contributed by atoms with E-state index in [9.17, 15) is 4.79 Å². The number of aryl methyl sites for hydroxylation is 1. The molecule has 0 unspecified atom stereocenters. The molecule has 6 heteroatoms. The van der Waals surface area contributed by atoms with Crippen LogP contribution in [0.5, 0.6) is 0 Å². The lowest BCUT2D eigenvalue weighted by Gasteiger charge is -1.94. The second-order valence-electron chi connectivity index (χ2n) is 2.62. The number of hydrogen-bond acceptors (Lipinski definition) is 4. The quantitative estimate of drug-likeness (QED) is 0.594.